The first-order valence-corrected chi connectivity index (χ1v) is 11.3. The van der Waals surface area contributed by atoms with Gasteiger partial charge in [0, 0.05) is 44.3 Å². The first-order chi connectivity index (χ1) is 15.9. The van der Waals surface area contributed by atoms with E-state index in [1.165, 1.54) is 10.7 Å². The van der Waals surface area contributed by atoms with Gasteiger partial charge in [0.25, 0.3) is 5.91 Å². The summed E-state index contributed by atoms with van der Waals surface area (Å²) in [5.41, 5.74) is 0.505. The maximum absolute atomic E-state index is 13.7. The number of alkyl halides is 3. The Balaban J connectivity index is 1.38. The number of pyridine rings is 1. The summed E-state index contributed by atoms with van der Waals surface area (Å²) in [6.45, 7) is 3.08. The van der Waals surface area contributed by atoms with Gasteiger partial charge in [-0.2, -0.15) is 18.3 Å². The average Bonchev–Trinajstić information content (AvgIpc) is 3.40. The van der Waals surface area contributed by atoms with Crippen molar-refractivity contribution in [1.29, 1.82) is 0 Å². The van der Waals surface area contributed by atoms with Crippen molar-refractivity contribution >= 4 is 27.5 Å². The molecular weight excluding hydrogens is 451 g/mol. The molecular formula is C23H20F3N5OS. The molecule has 4 heterocycles. The maximum atomic E-state index is 13.7. The maximum Gasteiger partial charge on any atom is 0.435 e. The second kappa shape index (κ2) is 8.60. The van der Waals surface area contributed by atoms with Gasteiger partial charge in [0.05, 0.1) is 16.3 Å². The highest BCUT2D eigenvalue weighted by atomic mass is 32.1. The lowest BCUT2D eigenvalue weighted by Gasteiger charge is -2.34. The Bertz CT molecular complexity index is 1260. The van der Waals surface area contributed by atoms with Gasteiger partial charge in [0.15, 0.2) is 5.69 Å². The number of rotatable bonds is 4. The quantitative estimate of drug-likeness (QED) is 0.441. The van der Waals surface area contributed by atoms with Crippen LogP contribution in [0.1, 0.15) is 21.1 Å². The van der Waals surface area contributed by atoms with E-state index in [9.17, 15) is 18.0 Å². The number of aromatic nitrogens is 3. The van der Waals surface area contributed by atoms with Gasteiger partial charge < -0.3 is 4.90 Å². The largest absolute Gasteiger partial charge is 0.435 e. The average molecular weight is 472 g/mol. The zero-order valence-corrected chi connectivity index (χ0v) is 18.3. The van der Waals surface area contributed by atoms with E-state index < -0.39 is 11.9 Å². The van der Waals surface area contributed by atoms with E-state index in [2.05, 4.69) is 15.0 Å². The molecule has 33 heavy (non-hydrogen) atoms. The van der Waals surface area contributed by atoms with Crippen LogP contribution in [0.4, 0.5) is 13.2 Å². The Hall–Kier alpha value is -3.24. The fraction of sp³-hybridized carbons (Fsp3) is 0.261. The van der Waals surface area contributed by atoms with Gasteiger partial charge in [-0.05, 0) is 30.3 Å². The number of carbonyl (C=O) groups excluding carboxylic acids is 1. The van der Waals surface area contributed by atoms with E-state index >= 15 is 0 Å². The van der Waals surface area contributed by atoms with Crippen LogP contribution >= 0.6 is 11.3 Å². The highest BCUT2D eigenvalue weighted by Crippen LogP contribution is 2.39. The molecule has 0 N–H and O–H groups in total. The van der Waals surface area contributed by atoms with Crippen LogP contribution in [0.25, 0.3) is 15.9 Å². The van der Waals surface area contributed by atoms with E-state index in [1.54, 1.807) is 41.4 Å². The zero-order chi connectivity index (χ0) is 23.0. The summed E-state index contributed by atoms with van der Waals surface area (Å²) in [7, 11) is 0. The monoisotopic (exact) mass is 471 g/mol. The Morgan fingerprint density at radius 3 is 2.39 bits per heavy atom. The number of hydrogen-bond donors (Lipinski definition) is 0. The third-order valence-corrected chi connectivity index (χ3v) is 6.71. The lowest BCUT2D eigenvalue weighted by atomic mass is 10.2. The molecule has 6 nitrogen and oxygen atoms in total. The second-order valence-corrected chi connectivity index (χ2v) is 8.84. The van der Waals surface area contributed by atoms with Crippen LogP contribution in [0.2, 0.25) is 0 Å². The summed E-state index contributed by atoms with van der Waals surface area (Å²) in [6, 6.07) is 15.7. The molecule has 1 fully saturated rings. The standard InChI is InChI=1S/C23H20F3N5OS/c24-23(25,26)20-18-14-19(33-22(18)31(28-20)17-7-2-1-3-8-17)21(32)30-12-10-29(11-13-30)15-16-6-4-5-9-27-16/h1-9,14H,10-13,15H2. The number of carbonyl (C=O) groups is 1. The predicted octanol–water partition coefficient (Wildman–Crippen LogP) is 4.46. The van der Waals surface area contributed by atoms with Gasteiger partial charge in [-0.25, -0.2) is 4.68 Å². The van der Waals surface area contributed by atoms with Crippen LogP contribution in [0, 0.1) is 0 Å². The minimum Gasteiger partial charge on any atom is -0.335 e. The number of halogens is 3. The minimum atomic E-state index is -4.61. The number of amides is 1. The molecule has 0 atom stereocenters. The molecule has 170 valence electrons. The first kappa shape index (κ1) is 21.6. The summed E-state index contributed by atoms with van der Waals surface area (Å²) in [4.78, 5) is 22.0. The van der Waals surface area contributed by atoms with Crippen LogP contribution < -0.4 is 0 Å². The van der Waals surface area contributed by atoms with Crippen LogP contribution in [0.15, 0.2) is 60.8 Å². The molecule has 0 radical (unpaired) electrons. The molecule has 1 aromatic carbocycles. The number of nitrogens with zero attached hydrogens (tertiary/aromatic N) is 5. The Labute approximate surface area is 191 Å². The fourth-order valence-electron chi connectivity index (χ4n) is 3.95. The van der Waals surface area contributed by atoms with Gasteiger partial charge in [0.1, 0.15) is 4.83 Å². The molecule has 0 unspecified atom stereocenters. The number of benzene rings is 1. The number of para-hydroxylation sites is 1. The summed E-state index contributed by atoms with van der Waals surface area (Å²) >= 11 is 1.05. The molecule has 1 aliphatic heterocycles. The fourth-order valence-corrected chi connectivity index (χ4v) is 5.05. The summed E-state index contributed by atoms with van der Waals surface area (Å²) in [5.74, 6) is -0.249. The highest BCUT2D eigenvalue weighted by Gasteiger charge is 2.38. The summed E-state index contributed by atoms with van der Waals surface area (Å²) < 4.78 is 42.2. The van der Waals surface area contributed by atoms with Gasteiger partial charge in [-0.15, -0.1) is 11.3 Å². The van der Waals surface area contributed by atoms with Crippen molar-refractivity contribution in [2.24, 2.45) is 0 Å². The Kier molecular flexibility index (Phi) is 5.63. The Morgan fingerprint density at radius 2 is 1.73 bits per heavy atom. The number of piperazine rings is 1. The lowest BCUT2D eigenvalue weighted by Crippen LogP contribution is -2.48. The van der Waals surface area contributed by atoms with Crippen LogP contribution in [-0.4, -0.2) is 56.7 Å². The molecule has 10 heteroatoms. The molecule has 3 aromatic heterocycles. The van der Waals surface area contributed by atoms with E-state index in [4.69, 9.17) is 0 Å². The van der Waals surface area contributed by atoms with Crippen LogP contribution in [-0.2, 0) is 12.7 Å². The van der Waals surface area contributed by atoms with E-state index in [0.717, 1.165) is 17.0 Å². The predicted molar refractivity (Wildman–Crippen MR) is 119 cm³/mol. The highest BCUT2D eigenvalue weighted by molar-refractivity contribution is 7.20. The summed E-state index contributed by atoms with van der Waals surface area (Å²) in [6.07, 6.45) is -2.86. The second-order valence-electron chi connectivity index (χ2n) is 7.81. The van der Waals surface area contributed by atoms with Gasteiger partial charge in [0.2, 0.25) is 0 Å². The zero-order valence-electron chi connectivity index (χ0n) is 17.5. The third kappa shape index (κ3) is 4.36. The van der Waals surface area contributed by atoms with Crippen molar-refractivity contribution in [2.45, 2.75) is 12.7 Å². The van der Waals surface area contributed by atoms with E-state index in [0.29, 0.717) is 43.2 Å². The molecule has 4 aromatic rings. The normalized spacial score (nSPS) is 15.3. The molecule has 0 saturated carbocycles. The first-order valence-electron chi connectivity index (χ1n) is 10.5. The van der Waals surface area contributed by atoms with Crippen molar-refractivity contribution in [1.82, 2.24) is 24.6 Å². The van der Waals surface area contributed by atoms with Crippen LogP contribution in [0.3, 0.4) is 0 Å². The molecule has 1 saturated heterocycles. The minimum absolute atomic E-state index is 0.0477. The van der Waals surface area contributed by atoms with Crippen molar-refractivity contribution in [3.8, 4) is 5.69 Å². The van der Waals surface area contributed by atoms with Gasteiger partial charge >= 0.3 is 6.18 Å². The number of fused-ring (bicyclic) bond motifs is 1. The van der Waals surface area contributed by atoms with E-state index in [-0.39, 0.29) is 16.2 Å². The smallest absolute Gasteiger partial charge is 0.335 e. The van der Waals surface area contributed by atoms with Crippen molar-refractivity contribution < 1.29 is 18.0 Å². The molecule has 1 aliphatic rings. The summed E-state index contributed by atoms with van der Waals surface area (Å²) in [5, 5.41) is 3.77. The van der Waals surface area contributed by atoms with Gasteiger partial charge in [-0.3, -0.25) is 14.7 Å². The van der Waals surface area contributed by atoms with Crippen molar-refractivity contribution in [3.05, 3.63) is 77.1 Å². The van der Waals surface area contributed by atoms with Crippen LogP contribution in [0.5, 0.6) is 0 Å². The molecule has 0 bridgehead atoms. The molecule has 0 spiro atoms. The lowest BCUT2D eigenvalue weighted by molar-refractivity contribution is -0.140. The topological polar surface area (TPSA) is 54.3 Å². The molecule has 1 amide bonds. The van der Waals surface area contributed by atoms with Gasteiger partial charge in [-0.1, -0.05) is 24.3 Å². The van der Waals surface area contributed by atoms with Crippen molar-refractivity contribution in [3.63, 3.8) is 0 Å². The number of thiophene rings is 1. The molecule has 0 aliphatic carbocycles. The Morgan fingerprint density at radius 1 is 1.00 bits per heavy atom. The van der Waals surface area contributed by atoms with E-state index in [1.807, 2.05) is 18.2 Å². The third-order valence-electron chi connectivity index (χ3n) is 5.61. The molecule has 5 rings (SSSR count). The van der Waals surface area contributed by atoms with Crippen molar-refractivity contribution in [2.75, 3.05) is 26.2 Å². The number of hydrogen-bond acceptors (Lipinski definition) is 5. The SMILES string of the molecule is O=C(c1cc2c(C(F)(F)F)nn(-c3ccccc3)c2s1)N1CCN(Cc2ccccn2)CC1.